The predicted octanol–water partition coefficient (Wildman–Crippen LogP) is 3.36. The zero-order chi connectivity index (χ0) is 12.1. The van der Waals surface area contributed by atoms with Crippen molar-refractivity contribution in [2.24, 2.45) is 0 Å². The van der Waals surface area contributed by atoms with Crippen LogP contribution in [0.4, 0.5) is 0 Å². The Bertz CT molecular complexity index is 465. The number of aromatic amines is 1. The summed E-state index contributed by atoms with van der Waals surface area (Å²) in [4.78, 5) is 7.23. The van der Waals surface area contributed by atoms with Crippen molar-refractivity contribution in [2.45, 2.75) is 19.8 Å². The molecular weight excluding hydrogens is 280 g/mol. The summed E-state index contributed by atoms with van der Waals surface area (Å²) in [5, 5.41) is 0. The largest absolute Gasteiger partial charge is 0.494 e. The van der Waals surface area contributed by atoms with Crippen LogP contribution in [0.1, 0.15) is 18.2 Å². The molecule has 0 unspecified atom stereocenters. The molecule has 0 amide bonds. The molecule has 0 fully saturated rings. The van der Waals surface area contributed by atoms with Crippen LogP contribution >= 0.6 is 15.9 Å². The summed E-state index contributed by atoms with van der Waals surface area (Å²) >= 11 is 3.41. The summed E-state index contributed by atoms with van der Waals surface area (Å²) in [5.74, 6) is 0.930. The van der Waals surface area contributed by atoms with Crippen molar-refractivity contribution < 1.29 is 4.74 Å². The Balaban J connectivity index is 1.93. The molecule has 0 aliphatic rings. The fourth-order valence-corrected chi connectivity index (χ4v) is 2.08. The summed E-state index contributed by atoms with van der Waals surface area (Å²) in [6.07, 6.45) is 3.65. The highest BCUT2D eigenvalue weighted by molar-refractivity contribution is 9.10. The topological polar surface area (TPSA) is 37.9 Å². The van der Waals surface area contributed by atoms with Gasteiger partial charge in [-0.05, 0) is 53.4 Å². The maximum absolute atomic E-state index is 5.41. The van der Waals surface area contributed by atoms with E-state index in [9.17, 15) is 0 Å². The minimum atomic E-state index is 0.709. The van der Waals surface area contributed by atoms with E-state index in [1.165, 1.54) is 5.56 Å². The molecule has 0 atom stereocenters. The fraction of sp³-hybridized carbons (Fsp3) is 0.308. The molecule has 90 valence electrons. The zero-order valence-electron chi connectivity index (χ0n) is 9.74. The van der Waals surface area contributed by atoms with Gasteiger partial charge in [-0.3, -0.25) is 0 Å². The molecule has 2 aromatic rings. The van der Waals surface area contributed by atoms with Crippen molar-refractivity contribution >= 4 is 15.9 Å². The van der Waals surface area contributed by atoms with Crippen LogP contribution in [0.15, 0.2) is 35.2 Å². The number of imidazole rings is 1. The number of hydrogen-bond acceptors (Lipinski definition) is 2. The van der Waals surface area contributed by atoms with Gasteiger partial charge in [0.15, 0.2) is 0 Å². The van der Waals surface area contributed by atoms with E-state index in [1.807, 2.05) is 19.1 Å². The molecule has 1 N–H and O–H groups in total. The number of halogens is 1. The minimum absolute atomic E-state index is 0.709. The summed E-state index contributed by atoms with van der Waals surface area (Å²) in [5.41, 5.74) is 2.44. The molecule has 0 aliphatic heterocycles. The molecule has 0 saturated heterocycles. The molecule has 0 radical (unpaired) electrons. The first-order chi connectivity index (χ1) is 8.29. The van der Waals surface area contributed by atoms with Crippen LogP contribution in [0.5, 0.6) is 5.75 Å². The Labute approximate surface area is 109 Å². The predicted molar refractivity (Wildman–Crippen MR) is 71.3 cm³/mol. The van der Waals surface area contributed by atoms with E-state index < -0.39 is 0 Å². The Morgan fingerprint density at radius 3 is 2.59 bits per heavy atom. The van der Waals surface area contributed by atoms with Gasteiger partial charge in [0.2, 0.25) is 0 Å². The molecular formula is C13H15BrN2O. The number of hydrogen-bond donors (Lipinski definition) is 1. The highest BCUT2D eigenvalue weighted by Gasteiger charge is 2.02. The van der Waals surface area contributed by atoms with Crippen LogP contribution in [0, 0.1) is 0 Å². The number of aromatic nitrogens is 2. The van der Waals surface area contributed by atoms with Gasteiger partial charge in [0.05, 0.1) is 12.9 Å². The van der Waals surface area contributed by atoms with Gasteiger partial charge in [-0.15, -0.1) is 0 Å². The highest BCUT2D eigenvalue weighted by Crippen LogP contribution is 2.16. The van der Waals surface area contributed by atoms with Crippen LogP contribution in [-0.4, -0.2) is 16.6 Å². The Morgan fingerprint density at radius 1 is 1.24 bits per heavy atom. The second-order valence-electron chi connectivity index (χ2n) is 3.75. The van der Waals surface area contributed by atoms with Crippen LogP contribution in [0.25, 0.3) is 0 Å². The van der Waals surface area contributed by atoms with Crippen molar-refractivity contribution in [3.05, 3.63) is 46.5 Å². The number of nitrogens with zero attached hydrogens (tertiary/aromatic N) is 1. The third-order valence-electron chi connectivity index (χ3n) is 2.56. The lowest BCUT2D eigenvalue weighted by atomic mass is 10.1. The SMILES string of the molecule is CCOc1ccc(CCc2[nH]cnc2Br)cc1. The molecule has 1 heterocycles. The second-order valence-corrected chi connectivity index (χ2v) is 4.50. The molecule has 4 heteroatoms. The van der Waals surface area contributed by atoms with Crippen molar-refractivity contribution in [1.82, 2.24) is 9.97 Å². The molecule has 0 bridgehead atoms. The van der Waals surface area contributed by atoms with Gasteiger partial charge < -0.3 is 9.72 Å². The zero-order valence-corrected chi connectivity index (χ0v) is 11.3. The summed E-state index contributed by atoms with van der Waals surface area (Å²) in [6.45, 7) is 2.70. The van der Waals surface area contributed by atoms with Crippen molar-refractivity contribution in [3.63, 3.8) is 0 Å². The molecule has 1 aromatic carbocycles. The van der Waals surface area contributed by atoms with E-state index in [-0.39, 0.29) is 0 Å². The maximum atomic E-state index is 5.41. The lowest BCUT2D eigenvalue weighted by Crippen LogP contribution is -1.94. The molecule has 0 spiro atoms. The Hall–Kier alpha value is -1.29. The van der Waals surface area contributed by atoms with Crippen molar-refractivity contribution in [2.75, 3.05) is 6.61 Å². The van der Waals surface area contributed by atoms with Gasteiger partial charge in [-0.2, -0.15) is 0 Å². The molecule has 3 nitrogen and oxygen atoms in total. The van der Waals surface area contributed by atoms with Gasteiger partial charge in [-0.25, -0.2) is 4.98 Å². The fourth-order valence-electron chi connectivity index (χ4n) is 1.67. The van der Waals surface area contributed by atoms with E-state index in [4.69, 9.17) is 4.74 Å². The van der Waals surface area contributed by atoms with E-state index >= 15 is 0 Å². The summed E-state index contributed by atoms with van der Waals surface area (Å²) in [7, 11) is 0. The number of nitrogens with one attached hydrogen (secondary N) is 1. The summed E-state index contributed by atoms with van der Waals surface area (Å²) in [6, 6.07) is 8.24. The first-order valence-corrected chi connectivity index (χ1v) is 6.48. The minimum Gasteiger partial charge on any atom is -0.494 e. The van der Waals surface area contributed by atoms with Crippen LogP contribution in [0.3, 0.4) is 0 Å². The van der Waals surface area contributed by atoms with E-state index in [1.54, 1.807) is 6.33 Å². The average Bonchev–Trinajstić information content (AvgIpc) is 2.75. The van der Waals surface area contributed by atoms with Gasteiger partial charge in [0.25, 0.3) is 0 Å². The first-order valence-electron chi connectivity index (χ1n) is 5.69. The summed E-state index contributed by atoms with van der Waals surface area (Å²) < 4.78 is 6.31. The van der Waals surface area contributed by atoms with Crippen LogP contribution in [-0.2, 0) is 12.8 Å². The number of aryl methyl sites for hydroxylation is 2. The quantitative estimate of drug-likeness (QED) is 0.918. The lowest BCUT2D eigenvalue weighted by Gasteiger charge is -2.04. The second kappa shape index (κ2) is 5.87. The normalized spacial score (nSPS) is 10.5. The molecule has 1 aromatic heterocycles. The highest BCUT2D eigenvalue weighted by atomic mass is 79.9. The molecule has 17 heavy (non-hydrogen) atoms. The number of H-pyrrole nitrogens is 1. The first kappa shape index (κ1) is 12.2. The molecule has 0 aliphatic carbocycles. The number of ether oxygens (including phenoxy) is 1. The monoisotopic (exact) mass is 294 g/mol. The van der Waals surface area contributed by atoms with Gasteiger partial charge in [-0.1, -0.05) is 12.1 Å². The van der Waals surface area contributed by atoms with Gasteiger partial charge >= 0.3 is 0 Å². The lowest BCUT2D eigenvalue weighted by molar-refractivity contribution is 0.340. The molecule has 0 saturated carbocycles. The van der Waals surface area contributed by atoms with Gasteiger partial charge in [0, 0.05) is 5.69 Å². The van der Waals surface area contributed by atoms with Gasteiger partial charge in [0.1, 0.15) is 10.4 Å². The number of benzene rings is 1. The van der Waals surface area contributed by atoms with Crippen molar-refractivity contribution in [1.29, 1.82) is 0 Å². The van der Waals surface area contributed by atoms with Crippen LogP contribution in [0.2, 0.25) is 0 Å². The van der Waals surface area contributed by atoms with E-state index in [2.05, 4.69) is 38.0 Å². The van der Waals surface area contributed by atoms with Crippen LogP contribution < -0.4 is 4.74 Å². The number of rotatable bonds is 5. The van der Waals surface area contributed by atoms with E-state index in [0.29, 0.717) is 6.61 Å². The Morgan fingerprint density at radius 2 is 2.00 bits per heavy atom. The third kappa shape index (κ3) is 3.33. The average molecular weight is 295 g/mol. The molecule has 2 rings (SSSR count). The maximum Gasteiger partial charge on any atom is 0.127 e. The Kier molecular flexibility index (Phi) is 4.20. The smallest absolute Gasteiger partial charge is 0.127 e. The van der Waals surface area contributed by atoms with Crippen molar-refractivity contribution in [3.8, 4) is 5.75 Å². The van der Waals surface area contributed by atoms with E-state index in [0.717, 1.165) is 28.9 Å². The third-order valence-corrected chi connectivity index (χ3v) is 3.25. The standard InChI is InChI=1S/C13H15BrN2O/c1-2-17-11-6-3-10(4-7-11)5-8-12-13(14)16-9-15-12/h3-4,6-7,9H,2,5,8H2,1H3,(H,15,16).